The average molecular weight is 410 g/mol. The number of ether oxygens (including phenoxy) is 1. The SMILES string of the molecule is CCOc1ccc(C(=O)C=CNc2ccc(C(=O)NCCN(CC)CC)cc2)cc1. The van der Waals surface area contributed by atoms with Gasteiger partial charge in [0.2, 0.25) is 0 Å². The zero-order chi connectivity index (χ0) is 21.8. The zero-order valence-corrected chi connectivity index (χ0v) is 18.0. The molecule has 0 aliphatic carbocycles. The molecule has 1 amide bonds. The van der Waals surface area contributed by atoms with Crippen LogP contribution in [-0.2, 0) is 0 Å². The van der Waals surface area contributed by atoms with Crippen LogP contribution in [0.15, 0.2) is 60.8 Å². The Bertz CT molecular complexity index is 826. The summed E-state index contributed by atoms with van der Waals surface area (Å²) in [5, 5.41) is 5.99. The van der Waals surface area contributed by atoms with Crippen molar-refractivity contribution < 1.29 is 14.3 Å². The molecule has 6 nitrogen and oxygen atoms in total. The third-order valence-electron chi connectivity index (χ3n) is 4.69. The number of allylic oxidation sites excluding steroid dienone is 1. The molecule has 0 bridgehead atoms. The van der Waals surface area contributed by atoms with Crippen molar-refractivity contribution >= 4 is 17.4 Å². The Morgan fingerprint density at radius 3 is 2.17 bits per heavy atom. The highest BCUT2D eigenvalue weighted by Gasteiger charge is 2.06. The second-order valence-electron chi connectivity index (χ2n) is 6.66. The number of benzene rings is 2. The van der Waals surface area contributed by atoms with Crippen LogP contribution in [0.2, 0.25) is 0 Å². The highest BCUT2D eigenvalue weighted by Crippen LogP contribution is 2.13. The van der Waals surface area contributed by atoms with E-state index in [1.54, 1.807) is 42.6 Å². The minimum absolute atomic E-state index is 0.0880. The lowest BCUT2D eigenvalue weighted by molar-refractivity contribution is 0.0948. The molecule has 0 unspecified atom stereocenters. The summed E-state index contributed by atoms with van der Waals surface area (Å²) in [5.74, 6) is 0.554. The summed E-state index contributed by atoms with van der Waals surface area (Å²) in [5.41, 5.74) is 1.99. The molecule has 0 fully saturated rings. The second kappa shape index (κ2) is 12.4. The first-order valence-corrected chi connectivity index (χ1v) is 10.4. The number of nitrogens with one attached hydrogen (secondary N) is 2. The van der Waals surface area contributed by atoms with Gasteiger partial charge in [0.25, 0.3) is 5.91 Å². The monoisotopic (exact) mass is 409 g/mol. The lowest BCUT2D eigenvalue weighted by Crippen LogP contribution is -2.34. The smallest absolute Gasteiger partial charge is 0.251 e. The molecule has 6 heteroatoms. The van der Waals surface area contributed by atoms with Gasteiger partial charge in [0.05, 0.1) is 6.61 Å². The molecule has 0 spiro atoms. The van der Waals surface area contributed by atoms with E-state index in [-0.39, 0.29) is 11.7 Å². The Labute approximate surface area is 178 Å². The van der Waals surface area contributed by atoms with Gasteiger partial charge in [0, 0.05) is 42.2 Å². The van der Waals surface area contributed by atoms with Crippen LogP contribution in [0.1, 0.15) is 41.5 Å². The lowest BCUT2D eigenvalue weighted by Gasteiger charge is -2.17. The van der Waals surface area contributed by atoms with Gasteiger partial charge in [0.1, 0.15) is 5.75 Å². The summed E-state index contributed by atoms with van der Waals surface area (Å²) in [7, 11) is 0. The van der Waals surface area contributed by atoms with Gasteiger partial charge in [-0.05, 0) is 68.5 Å². The highest BCUT2D eigenvalue weighted by atomic mass is 16.5. The van der Waals surface area contributed by atoms with Crippen molar-refractivity contribution in [3.8, 4) is 5.75 Å². The molecule has 0 heterocycles. The van der Waals surface area contributed by atoms with Gasteiger partial charge < -0.3 is 20.3 Å². The Hall–Kier alpha value is -3.12. The summed E-state index contributed by atoms with van der Waals surface area (Å²) in [6.07, 6.45) is 3.07. The normalized spacial score (nSPS) is 10.9. The Morgan fingerprint density at radius 1 is 0.933 bits per heavy atom. The number of nitrogens with zero attached hydrogens (tertiary/aromatic N) is 1. The molecular formula is C24H31N3O3. The number of carbonyl (C=O) groups is 2. The number of hydrogen-bond donors (Lipinski definition) is 2. The molecule has 0 atom stereocenters. The first-order valence-electron chi connectivity index (χ1n) is 10.4. The number of rotatable bonds is 12. The minimum atomic E-state index is -0.102. The van der Waals surface area contributed by atoms with E-state index in [2.05, 4.69) is 29.4 Å². The van der Waals surface area contributed by atoms with Crippen LogP contribution in [-0.4, -0.2) is 49.4 Å². The third-order valence-corrected chi connectivity index (χ3v) is 4.69. The van der Waals surface area contributed by atoms with E-state index in [1.165, 1.54) is 6.08 Å². The zero-order valence-electron chi connectivity index (χ0n) is 18.0. The summed E-state index contributed by atoms with van der Waals surface area (Å²) < 4.78 is 5.38. The van der Waals surface area contributed by atoms with Gasteiger partial charge in [-0.15, -0.1) is 0 Å². The fourth-order valence-electron chi connectivity index (χ4n) is 2.88. The van der Waals surface area contributed by atoms with Gasteiger partial charge in [-0.3, -0.25) is 9.59 Å². The fraction of sp³-hybridized carbons (Fsp3) is 0.333. The van der Waals surface area contributed by atoms with Gasteiger partial charge in [-0.1, -0.05) is 13.8 Å². The number of hydrogen-bond acceptors (Lipinski definition) is 5. The number of amides is 1. The Balaban J connectivity index is 1.82. The Morgan fingerprint density at radius 2 is 1.57 bits per heavy atom. The van der Waals surface area contributed by atoms with Crippen molar-refractivity contribution in [2.75, 3.05) is 38.1 Å². The molecule has 0 radical (unpaired) electrons. The van der Waals surface area contributed by atoms with Crippen LogP contribution in [0, 0.1) is 0 Å². The van der Waals surface area contributed by atoms with Crippen LogP contribution in [0.3, 0.4) is 0 Å². The number of anilines is 1. The first-order chi connectivity index (χ1) is 14.6. The number of likely N-dealkylation sites (N-methyl/N-ethyl adjacent to an activating group) is 1. The van der Waals surface area contributed by atoms with Crippen LogP contribution in [0.25, 0.3) is 0 Å². The van der Waals surface area contributed by atoms with Crippen molar-refractivity contribution in [2.45, 2.75) is 20.8 Å². The first kappa shape index (κ1) is 23.2. The fourth-order valence-corrected chi connectivity index (χ4v) is 2.88. The topological polar surface area (TPSA) is 70.7 Å². The van der Waals surface area contributed by atoms with Crippen LogP contribution in [0.4, 0.5) is 5.69 Å². The van der Waals surface area contributed by atoms with Gasteiger partial charge in [-0.25, -0.2) is 0 Å². The summed E-state index contributed by atoms with van der Waals surface area (Å²) in [6.45, 7) is 10.1. The van der Waals surface area contributed by atoms with Crippen molar-refractivity contribution in [1.29, 1.82) is 0 Å². The van der Waals surface area contributed by atoms with Crippen LogP contribution < -0.4 is 15.4 Å². The van der Waals surface area contributed by atoms with Crippen molar-refractivity contribution in [2.24, 2.45) is 0 Å². The minimum Gasteiger partial charge on any atom is -0.494 e. The maximum absolute atomic E-state index is 12.2. The maximum Gasteiger partial charge on any atom is 0.251 e. The van der Waals surface area contributed by atoms with E-state index in [0.717, 1.165) is 31.1 Å². The quantitative estimate of drug-likeness (QED) is 0.410. The predicted molar refractivity (Wildman–Crippen MR) is 121 cm³/mol. The number of ketones is 1. The molecular weight excluding hydrogens is 378 g/mol. The number of carbonyl (C=O) groups excluding carboxylic acids is 2. The summed E-state index contributed by atoms with van der Waals surface area (Å²) in [4.78, 5) is 26.7. The van der Waals surface area contributed by atoms with Crippen molar-refractivity contribution in [1.82, 2.24) is 10.2 Å². The Kier molecular flexibility index (Phi) is 9.61. The molecule has 0 aliphatic heterocycles. The van der Waals surface area contributed by atoms with E-state index >= 15 is 0 Å². The van der Waals surface area contributed by atoms with Crippen molar-refractivity contribution in [3.63, 3.8) is 0 Å². The standard InChI is InChI=1S/C24H31N3O3/c1-4-27(5-2)18-17-26-24(29)20-7-11-21(12-8-20)25-16-15-23(28)19-9-13-22(14-10-19)30-6-3/h7-16,25H,4-6,17-18H2,1-3H3,(H,26,29). The van der Waals surface area contributed by atoms with E-state index in [9.17, 15) is 9.59 Å². The van der Waals surface area contributed by atoms with Crippen LogP contribution in [0.5, 0.6) is 5.75 Å². The van der Waals surface area contributed by atoms with E-state index < -0.39 is 0 Å². The maximum atomic E-state index is 12.2. The van der Waals surface area contributed by atoms with Crippen molar-refractivity contribution in [3.05, 3.63) is 71.9 Å². The van der Waals surface area contributed by atoms with E-state index in [0.29, 0.717) is 24.3 Å². The molecule has 2 rings (SSSR count). The predicted octanol–water partition coefficient (Wildman–Crippen LogP) is 3.97. The van der Waals surface area contributed by atoms with E-state index in [4.69, 9.17) is 4.74 Å². The van der Waals surface area contributed by atoms with Crippen LogP contribution >= 0.6 is 0 Å². The largest absolute Gasteiger partial charge is 0.494 e. The average Bonchev–Trinajstić information content (AvgIpc) is 2.77. The third kappa shape index (κ3) is 7.37. The summed E-state index contributed by atoms with van der Waals surface area (Å²) in [6, 6.07) is 14.2. The van der Waals surface area contributed by atoms with Gasteiger partial charge >= 0.3 is 0 Å². The van der Waals surface area contributed by atoms with Gasteiger partial charge in [-0.2, -0.15) is 0 Å². The molecule has 0 saturated carbocycles. The molecule has 0 aromatic heterocycles. The molecule has 30 heavy (non-hydrogen) atoms. The highest BCUT2D eigenvalue weighted by molar-refractivity contribution is 6.04. The molecule has 0 saturated heterocycles. The summed E-state index contributed by atoms with van der Waals surface area (Å²) >= 11 is 0. The molecule has 2 aromatic rings. The van der Waals surface area contributed by atoms with E-state index in [1.807, 2.05) is 19.1 Å². The molecule has 0 aliphatic rings. The molecule has 160 valence electrons. The second-order valence-corrected chi connectivity index (χ2v) is 6.66. The molecule has 2 aromatic carbocycles. The lowest BCUT2D eigenvalue weighted by atomic mass is 10.1. The van der Waals surface area contributed by atoms with Gasteiger partial charge in [0.15, 0.2) is 5.78 Å². The molecule has 2 N–H and O–H groups in total.